The summed E-state index contributed by atoms with van der Waals surface area (Å²) in [4.78, 5) is 24.6. The van der Waals surface area contributed by atoms with Gasteiger partial charge in [0.1, 0.15) is 5.75 Å². The standard InChI is InChI=1S/C14H18N2O4/c1-9(18)15-12-4-3-11(6-13(12)20-2)16-7-10(8-17)5-14(16)19/h3-4,6,10,17H,5,7-8H2,1-2H3,(H,15,18). The minimum absolute atomic E-state index is 0.00332. The summed E-state index contributed by atoms with van der Waals surface area (Å²) >= 11 is 0. The minimum atomic E-state index is -0.186. The summed E-state index contributed by atoms with van der Waals surface area (Å²) in [6.45, 7) is 1.92. The molecule has 108 valence electrons. The van der Waals surface area contributed by atoms with E-state index in [0.717, 1.165) is 0 Å². The van der Waals surface area contributed by atoms with Crippen molar-refractivity contribution in [3.05, 3.63) is 18.2 Å². The van der Waals surface area contributed by atoms with Crippen molar-refractivity contribution in [1.82, 2.24) is 0 Å². The highest BCUT2D eigenvalue weighted by molar-refractivity contribution is 5.97. The normalized spacial score (nSPS) is 18.2. The molecular weight excluding hydrogens is 260 g/mol. The number of rotatable bonds is 4. The van der Waals surface area contributed by atoms with E-state index in [9.17, 15) is 9.59 Å². The Morgan fingerprint density at radius 2 is 2.30 bits per heavy atom. The maximum atomic E-state index is 11.9. The number of carbonyl (C=O) groups is 2. The zero-order valence-corrected chi connectivity index (χ0v) is 11.5. The lowest BCUT2D eigenvalue weighted by atomic mass is 10.1. The first kappa shape index (κ1) is 14.3. The first-order valence-corrected chi connectivity index (χ1v) is 6.42. The predicted octanol–water partition coefficient (Wildman–Crippen LogP) is 0.999. The molecule has 1 fully saturated rings. The molecule has 1 unspecified atom stereocenters. The molecule has 1 aliphatic heterocycles. The number of nitrogens with one attached hydrogen (secondary N) is 1. The second-order valence-corrected chi connectivity index (χ2v) is 4.82. The number of benzene rings is 1. The van der Waals surface area contributed by atoms with Crippen molar-refractivity contribution >= 4 is 23.2 Å². The molecule has 1 atom stereocenters. The number of methoxy groups -OCH3 is 1. The lowest BCUT2D eigenvalue weighted by Gasteiger charge is -2.18. The molecule has 0 radical (unpaired) electrons. The first-order valence-electron chi connectivity index (χ1n) is 6.42. The summed E-state index contributed by atoms with van der Waals surface area (Å²) in [5, 5.41) is 11.8. The Morgan fingerprint density at radius 3 is 2.85 bits per heavy atom. The van der Waals surface area contributed by atoms with E-state index in [1.165, 1.54) is 14.0 Å². The fourth-order valence-electron chi connectivity index (χ4n) is 2.29. The Morgan fingerprint density at radius 1 is 1.55 bits per heavy atom. The largest absolute Gasteiger partial charge is 0.494 e. The molecule has 6 nitrogen and oxygen atoms in total. The van der Waals surface area contributed by atoms with Gasteiger partial charge >= 0.3 is 0 Å². The molecule has 0 aromatic heterocycles. The van der Waals surface area contributed by atoms with Gasteiger partial charge in [0.15, 0.2) is 0 Å². The molecule has 1 aromatic rings. The molecule has 2 amide bonds. The maximum absolute atomic E-state index is 11.9. The average molecular weight is 278 g/mol. The van der Waals surface area contributed by atoms with Gasteiger partial charge in [-0.15, -0.1) is 0 Å². The second-order valence-electron chi connectivity index (χ2n) is 4.82. The fraction of sp³-hybridized carbons (Fsp3) is 0.429. The van der Waals surface area contributed by atoms with Gasteiger partial charge in [0, 0.05) is 44.2 Å². The van der Waals surface area contributed by atoms with E-state index in [-0.39, 0.29) is 24.3 Å². The van der Waals surface area contributed by atoms with E-state index in [2.05, 4.69) is 5.32 Å². The Hall–Kier alpha value is -2.08. The van der Waals surface area contributed by atoms with Crippen molar-refractivity contribution in [3.63, 3.8) is 0 Å². The van der Waals surface area contributed by atoms with Crippen LogP contribution in [0.25, 0.3) is 0 Å². The number of ether oxygens (including phenoxy) is 1. The van der Waals surface area contributed by atoms with Gasteiger partial charge in [0.05, 0.1) is 12.8 Å². The van der Waals surface area contributed by atoms with Crippen LogP contribution in [-0.4, -0.2) is 37.2 Å². The lowest BCUT2D eigenvalue weighted by Crippen LogP contribution is -2.25. The molecule has 6 heteroatoms. The molecule has 1 heterocycles. The van der Waals surface area contributed by atoms with Gasteiger partial charge in [-0.05, 0) is 12.1 Å². The maximum Gasteiger partial charge on any atom is 0.227 e. The van der Waals surface area contributed by atoms with Crippen LogP contribution in [0.15, 0.2) is 18.2 Å². The smallest absolute Gasteiger partial charge is 0.227 e. The molecule has 0 saturated carbocycles. The monoisotopic (exact) mass is 278 g/mol. The molecule has 20 heavy (non-hydrogen) atoms. The first-order chi connectivity index (χ1) is 9.55. The van der Waals surface area contributed by atoms with E-state index < -0.39 is 0 Å². The van der Waals surface area contributed by atoms with Crippen molar-refractivity contribution in [1.29, 1.82) is 0 Å². The van der Waals surface area contributed by atoms with Crippen LogP contribution in [0.1, 0.15) is 13.3 Å². The number of hydrogen-bond acceptors (Lipinski definition) is 4. The summed E-state index contributed by atoms with van der Waals surface area (Å²) in [5.74, 6) is 0.272. The SMILES string of the molecule is COc1cc(N2CC(CO)CC2=O)ccc1NC(C)=O. The topological polar surface area (TPSA) is 78.9 Å². The summed E-state index contributed by atoms with van der Waals surface area (Å²) in [6, 6.07) is 5.17. The van der Waals surface area contributed by atoms with Gasteiger partial charge in [0.2, 0.25) is 11.8 Å². The highest BCUT2D eigenvalue weighted by Gasteiger charge is 2.30. The number of carbonyl (C=O) groups excluding carboxylic acids is 2. The Bertz CT molecular complexity index is 530. The van der Waals surface area contributed by atoms with Crippen LogP contribution in [0.4, 0.5) is 11.4 Å². The third kappa shape index (κ3) is 2.91. The Labute approximate surface area is 117 Å². The van der Waals surface area contributed by atoms with Crippen LogP contribution >= 0.6 is 0 Å². The summed E-state index contributed by atoms with van der Waals surface area (Å²) in [7, 11) is 1.51. The van der Waals surface area contributed by atoms with Gasteiger partial charge in [-0.25, -0.2) is 0 Å². The van der Waals surface area contributed by atoms with Crippen LogP contribution in [0.5, 0.6) is 5.75 Å². The number of aliphatic hydroxyl groups is 1. The van der Waals surface area contributed by atoms with Gasteiger partial charge in [-0.3, -0.25) is 9.59 Å². The number of aliphatic hydroxyl groups excluding tert-OH is 1. The third-order valence-corrected chi connectivity index (χ3v) is 3.27. The summed E-state index contributed by atoms with van der Waals surface area (Å²) in [5.41, 5.74) is 1.27. The molecule has 0 bridgehead atoms. The Kier molecular flexibility index (Phi) is 4.24. The van der Waals surface area contributed by atoms with E-state index in [4.69, 9.17) is 9.84 Å². The third-order valence-electron chi connectivity index (χ3n) is 3.27. The summed E-state index contributed by atoms with van der Waals surface area (Å²) < 4.78 is 5.23. The van der Waals surface area contributed by atoms with Crippen molar-refractivity contribution in [2.24, 2.45) is 5.92 Å². The zero-order chi connectivity index (χ0) is 14.7. The van der Waals surface area contributed by atoms with Crippen LogP contribution in [-0.2, 0) is 9.59 Å². The number of amides is 2. The molecule has 1 saturated heterocycles. The predicted molar refractivity (Wildman–Crippen MR) is 74.8 cm³/mol. The van der Waals surface area contributed by atoms with Crippen molar-refractivity contribution in [2.45, 2.75) is 13.3 Å². The molecule has 1 aliphatic rings. The number of hydrogen-bond donors (Lipinski definition) is 2. The van der Waals surface area contributed by atoms with Gasteiger partial charge in [-0.1, -0.05) is 0 Å². The molecule has 0 spiro atoms. The molecular formula is C14H18N2O4. The number of anilines is 2. The van der Waals surface area contributed by atoms with Crippen molar-refractivity contribution in [3.8, 4) is 5.75 Å². The second kappa shape index (κ2) is 5.92. The average Bonchev–Trinajstić information content (AvgIpc) is 2.80. The van der Waals surface area contributed by atoms with Crippen molar-refractivity contribution in [2.75, 3.05) is 30.5 Å². The van der Waals surface area contributed by atoms with Crippen LogP contribution in [0, 0.1) is 5.92 Å². The van der Waals surface area contributed by atoms with Crippen LogP contribution in [0.3, 0.4) is 0 Å². The van der Waals surface area contributed by atoms with Gasteiger partial charge < -0.3 is 20.1 Å². The molecule has 2 N–H and O–H groups in total. The van der Waals surface area contributed by atoms with Crippen molar-refractivity contribution < 1.29 is 19.4 Å². The lowest BCUT2D eigenvalue weighted by molar-refractivity contribution is -0.117. The van der Waals surface area contributed by atoms with E-state index >= 15 is 0 Å². The number of nitrogens with zero attached hydrogens (tertiary/aromatic N) is 1. The minimum Gasteiger partial charge on any atom is -0.494 e. The van der Waals surface area contributed by atoms with Crippen LogP contribution in [0.2, 0.25) is 0 Å². The summed E-state index contributed by atoms with van der Waals surface area (Å²) in [6.07, 6.45) is 0.353. The van der Waals surface area contributed by atoms with E-state index in [0.29, 0.717) is 30.1 Å². The van der Waals surface area contributed by atoms with Crippen LogP contribution < -0.4 is 15.0 Å². The van der Waals surface area contributed by atoms with E-state index in [1.54, 1.807) is 23.1 Å². The highest BCUT2D eigenvalue weighted by Crippen LogP contribution is 2.32. The Balaban J connectivity index is 2.25. The zero-order valence-electron chi connectivity index (χ0n) is 11.5. The molecule has 2 rings (SSSR count). The van der Waals surface area contributed by atoms with Gasteiger partial charge in [-0.2, -0.15) is 0 Å². The molecule has 0 aliphatic carbocycles. The van der Waals surface area contributed by atoms with E-state index in [1.807, 2.05) is 0 Å². The molecule has 1 aromatic carbocycles. The fourth-order valence-corrected chi connectivity index (χ4v) is 2.29. The quantitative estimate of drug-likeness (QED) is 0.861. The highest BCUT2D eigenvalue weighted by atomic mass is 16.5. The van der Waals surface area contributed by atoms with Gasteiger partial charge in [0.25, 0.3) is 0 Å².